The molecule has 2 atom stereocenters. The molecule has 4 aromatic rings. The molecular weight excluding hydrogens is 532 g/mol. The molecule has 0 saturated carbocycles. The van der Waals surface area contributed by atoms with Gasteiger partial charge in [-0.1, -0.05) is 45.9 Å². The molecule has 218 valence electrons. The number of benzene rings is 2. The SMILES string of the molecule is CCC(CC)n1c(Cc2cccs2)nc2cc(C(=O)NC(CC(C)C)C(=O)NC(C)c3ccc(OC)cc3)ccc21. The molecule has 0 aliphatic heterocycles. The number of thiophene rings is 1. The van der Waals surface area contributed by atoms with Crippen LogP contribution >= 0.6 is 11.3 Å². The normalized spacial score (nSPS) is 13.0. The van der Waals surface area contributed by atoms with Crippen LogP contribution in [0.3, 0.4) is 0 Å². The van der Waals surface area contributed by atoms with E-state index in [0.29, 0.717) is 18.0 Å². The lowest BCUT2D eigenvalue weighted by atomic mass is 10.0. The zero-order chi connectivity index (χ0) is 29.5. The summed E-state index contributed by atoms with van der Waals surface area (Å²) in [5.74, 6) is 1.52. The van der Waals surface area contributed by atoms with Crippen molar-refractivity contribution < 1.29 is 14.3 Å². The van der Waals surface area contributed by atoms with E-state index in [0.717, 1.165) is 47.4 Å². The molecule has 2 heterocycles. The maximum Gasteiger partial charge on any atom is 0.252 e. The van der Waals surface area contributed by atoms with E-state index in [4.69, 9.17) is 9.72 Å². The molecule has 2 unspecified atom stereocenters. The number of fused-ring (bicyclic) bond motifs is 1. The fourth-order valence-electron chi connectivity index (χ4n) is 5.28. The van der Waals surface area contributed by atoms with Gasteiger partial charge in [0.1, 0.15) is 17.6 Å². The van der Waals surface area contributed by atoms with Gasteiger partial charge in [-0.2, -0.15) is 0 Å². The quantitative estimate of drug-likeness (QED) is 0.179. The highest BCUT2D eigenvalue weighted by Gasteiger charge is 2.25. The molecule has 0 aliphatic carbocycles. The predicted octanol–water partition coefficient (Wildman–Crippen LogP) is 7.08. The summed E-state index contributed by atoms with van der Waals surface area (Å²) < 4.78 is 7.58. The van der Waals surface area contributed by atoms with Gasteiger partial charge < -0.3 is 19.9 Å². The van der Waals surface area contributed by atoms with E-state index in [-0.39, 0.29) is 23.8 Å². The minimum absolute atomic E-state index is 0.201. The Kier molecular flexibility index (Phi) is 10.2. The number of amides is 2. The lowest BCUT2D eigenvalue weighted by Gasteiger charge is -2.23. The molecule has 0 radical (unpaired) electrons. The summed E-state index contributed by atoms with van der Waals surface area (Å²) in [6.45, 7) is 10.4. The number of hydrogen-bond acceptors (Lipinski definition) is 5. The highest BCUT2D eigenvalue weighted by Crippen LogP contribution is 2.28. The second-order valence-corrected chi connectivity index (χ2v) is 12.0. The Balaban J connectivity index is 1.55. The number of carbonyl (C=O) groups is 2. The van der Waals surface area contributed by atoms with E-state index in [1.807, 2.05) is 63.2 Å². The minimum Gasteiger partial charge on any atom is -0.497 e. The Labute approximate surface area is 247 Å². The number of imidazole rings is 1. The van der Waals surface area contributed by atoms with Crippen LogP contribution in [0, 0.1) is 5.92 Å². The second kappa shape index (κ2) is 13.8. The van der Waals surface area contributed by atoms with Crippen LogP contribution in [0.4, 0.5) is 0 Å². The van der Waals surface area contributed by atoms with Crippen molar-refractivity contribution in [3.05, 3.63) is 81.8 Å². The molecule has 2 amide bonds. The van der Waals surface area contributed by atoms with Gasteiger partial charge in [0.2, 0.25) is 5.91 Å². The topological polar surface area (TPSA) is 85.2 Å². The molecule has 41 heavy (non-hydrogen) atoms. The molecule has 0 aliphatic rings. The predicted molar refractivity (Wildman–Crippen MR) is 167 cm³/mol. The number of aromatic nitrogens is 2. The fourth-order valence-corrected chi connectivity index (χ4v) is 5.98. The first-order valence-corrected chi connectivity index (χ1v) is 15.4. The van der Waals surface area contributed by atoms with Crippen molar-refractivity contribution in [2.45, 2.75) is 78.4 Å². The van der Waals surface area contributed by atoms with Crippen molar-refractivity contribution in [1.82, 2.24) is 20.2 Å². The summed E-state index contributed by atoms with van der Waals surface area (Å²) in [7, 11) is 1.62. The van der Waals surface area contributed by atoms with Crippen molar-refractivity contribution in [2.24, 2.45) is 5.92 Å². The number of rotatable bonds is 13. The Hall–Kier alpha value is -3.65. The summed E-state index contributed by atoms with van der Waals surface area (Å²) in [5.41, 5.74) is 3.30. The number of hydrogen-bond donors (Lipinski definition) is 2. The van der Waals surface area contributed by atoms with Gasteiger partial charge in [-0.15, -0.1) is 11.3 Å². The Morgan fingerprint density at radius 3 is 2.34 bits per heavy atom. The van der Waals surface area contributed by atoms with E-state index in [9.17, 15) is 9.59 Å². The molecular formula is C33H42N4O3S. The van der Waals surface area contributed by atoms with Gasteiger partial charge in [0.25, 0.3) is 5.91 Å². The largest absolute Gasteiger partial charge is 0.497 e. The molecule has 8 heteroatoms. The van der Waals surface area contributed by atoms with Gasteiger partial charge in [-0.05, 0) is 79.4 Å². The molecule has 0 bridgehead atoms. The molecule has 7 nitrogen and oxygen atoms in total. The highest BCUT2D eigenvalue weighted by atomic mass is 32.1. The number of carbonyl (C=O) groups excluding carboxylic acids is 2. The van der Waals surface area contributed by atoms with E-state index >= 15 is 0 Å². The third-order valence-corrected chi connectivity index (χ3v) is 8.42. The first kappa shape index (κ1) is 30.3. The van der Waals surface area contributed by atoms with Crippen LogP contribution in [0.15, 0.2) is 60.0 Å². The number of ether oxygens (including phenoxy) is 1. The van der Waals surface area contributed by atoms with Gasteiger partial charge in [-0.25, -0.2) is 4.98 Å². The van der Waals surface area contributed by atoms with Crippen molar-refractivity contribution in [3.63, 3.8) is 0 Å². The average Bonchev–Trinajstić information content (AvgIpc) is 3.60. The highest BCUT2D eigenvalue weighted by molar-refractivity contribution is 7.09. The van der Waals surface area contributed by atoms with E-state index in [2.05, 4.69) is 46.6 Å². The standard InChI is InChI=1S/C33H42N4O3S/c1-7-25(8-2)37-30-16-13-24(19-28(30)35-31(37)20-27-10-9-17-41-27)32(38)36-29(18-21(3)4)33(39)34-22(5)23-11-14-26(40-6)15-12-23/h9-17,19,21-22,25,29H,7-8,18,20H2,1-6H3,(H,34,39)(H,36,38). The van der Waals surface area contributed by atoms with Crippen LogP contribution < -0.4 is 15.4 Å². The summed E-state index contributed by atoms with van der Waals surface area (Å²) in [6, 6.07) is 17.0. The summed E-state index contributed by atoms with van der Waals surface area (Å²) in [4.78, 5) is 33.1. The summed E-state index contributed by atoms with van der Waals surface area (Å²) in [6.07, 6.45) is 3.29. The third-order valence-electron chi connectivity index (χ3n) is 7.55. The van der Waals surface area contributed by atoms with Gasteiger partial charge >= 0.3 is 0 Å². The molecule has 2 N–H and O–H groups in total. The van der Waals surface area contributed by atoms with Crippen molar-refractivity contribution >= 4 is 34.2 Å². The number of nitrogens with one attached hydrogen (secondary N) is 2. The fraction of sp³-hybridized carbons (Fsp3) is 0.424. The molecule has 0 spiro atoms. The molecule has 0 saturated heterocycles. The molecule has 2 aromatic heterocycles. The monoisotopic (exact) mass is 574 g/mol. The van der Waals surface area contributed by atoms with Crippen LogP contribution in [0.2, 0.25) is 0 Å². The minimum atomic E-state index is -0.657. The van der Waals surface area contributed by atoms with Crippen molar-refractivity contribution in [3.8, 4) is 5.75 Å². The first-order chi connectivity index (χ1) is 19.7. The Morgan fingerprint density at radius 1 is 1.00 bits per heavy atom. The van der Waals surface area contributed by atoms with E-state index in [1.54, 1.807) is 18.4 Å². The lowest BCUT2D eigenvalue weighted by molar-refractivity contribution is -0.124. The van der Waals surface area contributed by atoms with Crippen LogP contribution in [0.5, 0.6) is 5.75 Å². The summed E-state index contributed by atoms with van der Waals surface area (Å²) >= 11 is 1.73. The first-order valence-electron chi connectivity index (χ1n) is 14.5. The maximum atomic E-state index is 13.5. The number of methoxy groups -OCH3 is 1. The zero-order valence-electron chi connectivity index (χ0n) is 24.9. The maximum absolute atomic E-state index is 13.5. The lowest BCUT2D eigenvalue weighted by Crippen LogP contribution is -2.48. The van der Waals surface area contributed by atoms with Crippen LogP contribution in [0.1, 0.15) is 92.6 Å². The van der Waals surface area contributed by atoms with Crippen molar-refractivity contribution in [1.29, 1.82) is 0 Å². The van der Waals surface area contributed by atoms with Crippen LogP contribution in [-0.4, -0.2) is 34.5 Å². The van der Waals surface area contributed by atoms with Gasteiger partial charge in [-0.3, -0.25) is 9.59 Å². The average molecular weight is 575 g/mol. The molecule has 0 fully saturated rings. The molecule has 2 aromatic carbocycles. The smallest absolute Gasteiger partial charge is 0.252 e. The zero-order valence-corrected chi connectivity index (χ0v) is 25.8. The second-order valence-electron chi connectivity index (χ2n) is 11.0. The Morgan fingerprint density at radius 2 is 1.73 bits per heavy atom. The molecule has 4 rings (SSSR count). The Bertz CT molecular complexity index is 1440. The van der Waals surface area contributed by atoms with Gasteiger partial charge in [0.15, 0.2) is 0 Å². The van der Waals surface area contributed by atoms with Crippen LogP contribution in [-0.2, 0) is 11.2 Å². The van der Waals surface area contributed by atoms with Crippen LogP contribution in [0.25, 0.3) is 11.0 Å². The summed E-state index contributed by atoms with van der Waals surface area (Å²) in [5, 5.41) is 8.16. The van der Waals surface area contributed by atoms with Gasteiger partial charge in [0, 0.05) is 22.9 Å². The third kappa shape index (κ3) is 7.36. The van der Waals surface area contributed by atoms with E-state index < -0.39 is 6.04 Å². The number of nitrogens with zero attached hydrogens (tertiary/aromatic N) is 2. The van der Waals surface area contributed by atoms with Gasteiger partial charge in [0.05, 0.1) is 24.2 Å². The van der Waals surface area contributed by atoms with Crippen molar-refractivity contribution in [2.75, 3.05) is 7.11 Å². The van der Waals surface area contributed by atoms with E-state index in [1.165, 1.54) is 4.88 Å².